The maximum absolute atomic E-state index is 11.5. The highest BCUT2D eigenvalue weighted by atomic mass is 35.5. The predicted octanol–water partition coefficient (Wildman–Crippen LogP) is 3.28. The van der Waals surface area contributed by atoms with E-state index in [2.05, 4.69) is 5.32 Å². The lowest BCUT2D eigenvalue weighted by Gasteiger charge is -2.07. The van der Waals surface area contributed by atoms with Crippen LogP contribution in [0.3, 0.4) is 0 Å². The summed E-state index contributed by atoms with van der Waals surface area (Å²) in [6.07, 6.45) is 3.87. The maximum Gasteiger partial charge on any atom is 0.244 e. The van der Waals surface area contributed by atoms with Crippen LogP contribution >= 0.6 is 23.2 Å². The summed E-state index contributed by atoms with van der Waals surface area (Å²) in [5, 5.41) is 12.9. The molecule has 0 aliphatic carbocycles. The number of aliphatic hydroxyl groups excluding tert-OH is 1. The van der Waals surface area contributed by atoms with E-state index in [0.717, 1.165) is 0 Å². The highest BCUT2D eigenvalue weighted by Gasteiger charge is 2.03. The first kappa shape index (κ1) is 16.0. The van der Waals surface area contributed by atoms with Gasteiger partial charge in [0.1, 0.15) is 0 Å². The Bertz CT molecular complexity index is 461. The molecule has 0 spiro atoms. The molecule has 0 saturated heterocycles. The third-order valence-corrected chi connectivity index (χ3v) is 3.48. The smallest absolute Gasteiger partial charge is 0.244 e. The SMILES string of the molecule is CCC(O)CCNC(=O)/C=C/c1cccc(Cl)c1Cl. The Labute approximate surface area is 123 Å². The zero-order valence-corrected chi connectivity index (χ0v) is 12.2. The first-order valence-corrected chi connectivity index (χ1v) is 6.88. The van der Waals surface area contributed by atoms with E-state index in [1.54, 1.807) is 24.3 Å². The molecule has 3 nitrogen and oxygen atoms in total. The summed E-state index contributed by atoms with van der Waals surface area (Å²) in [4.78, 5) is 11.5. The Kier molecular flexibility index (Phi) is 6.92. The quantitative estimate of drug-likeness (QED) is 0.792. The third-order valence-electron chi connectivity index (χ3n) is 2.64. The van der Waals surface area contributed by atoms with E-state index in [9.17, 15) is 9.90 Å². The van der Waals surface area contributed by atoms with Crippen molar-refractivity contribution in [3.63, 3.8) is 0 Å². The predicted molar refractivity (Wildman–Crippen MR) is 79.4 cm³/mol. The number of carbonyl (C=O) groups excluding carboxylic acids is 1. The zero-order chi connectivity index (χ0) is 14.3. The van der Waals surface area contributed by atoms with Crippen LogP contribution in [-0.2, 0) is 4.79 Å². The van der Waals surface area contributed by atoms with E-state index in [4.69, 9.17) is 23.2 Å². The van der Waals surface area contributed by atoms with Gasteiger partial charge in [-0.05, 0) is 30.5 Å². The monoisotopic (exact) mass is 301 g/mol. The molecule has 2 N–H and O–H groups in total. The van der Waals surface area contributed by atoms with Gasteiger partial charge in [-0.25, -0.2) is 0 Å². The lowest BCUT2D eigenvalue weighted by atomic mass is 10.2. The van der Waals surface area contributed by atoms with E-state index < -0.39 is 0 Å². The number of carbonyl (C=O) groups is 1. The number of aliphatic hydroxyl groups is 1. The van der Waals surface area contributed by atoms with Gasteiger partial charge < -0.3 is 10.4 Å². The standard InChI is InChI=1S/C14H17Cl2NO2/c1-2-11(18)8-9-17-13(19)7-6-10-4-3-5-12(15)14(10)16/h3-7,11,18H,2,8-9H2,1H3,(H,17,19)/b7-6+. The molecule has 0 aliphatic rings. The number of benzene rings is 1. The molecule has 5 heteroatoms. The zero-order valence-electron chi connectivity index (χ0n) is 10.7. The molecule has 0 fully saturated rings. The van der Waals surface area contributed by atoms with E-state index in [1.807, 2.05) is 6.92 Å². The first-order valence-electron chi connectivity index (χ1n) is 6.12. The van der Waals surface area contributed by atoms with Gasteiger partial charge >= 0.3 is 0 Å². The minimum atomic E-state index is -0.369. The number of amides is 1. The Morgan fingerprint density at radius 1 is 1.47 bits per heavy atom. The summed E-state index contributed by atoms with van der Waals surface area (Å²) < 4.78 is 0. The van der Waals surface area contributed by atoms with Crippen molar-refractivity contribution in [1.82, 2.24) is 5.32 Å². The fourth-order valence-electron chi connectivity index (χ4n) is 1.44. The topological polar surface area (TPSA) is 49.3 Å². The second-order valence-electron chi connectivity index (χ2n) is 4.12. The van der Waals surface area contributed by atoms with Gasteiger partial charge in [-0.2, -0.15) is 0 Å². The lowest BCUT2D eigenvalue weighted by molar-refractivity contribution is -0.116. The second-order valence-corrected chi connectivity index (χ2v) is 4.90. The van der Waals surface area contributed by atoms with Gasteiger partial charge in [0, 0.05) is 12.6 Å². The van der Waals surface area contributed by atoms with Crippen LogP contribution in [0.15, 0.2) is 24.3 Å². The summed E-state index contributed by atoms with van der Waals surface area (Å²) in [6, 6.07) is 5.23. The number of nitrogens with one attached hydrogen (secondary N) is 1. The van der Waals surface area contributed by atoms with Crippen LogP contribution in [0.1, 0.15) is 25.3 Å². The molecule has 1 rings (SSSR count). The largest absolute Gasteiger partial charge is 0.393 e. The van der Waals surface area contributed by atoms with Crippen molar-refractivity contribution in [2.45, 2.75) is 25.9 Å². The summed E-state index contributed by atoms with van der Waals surface area (Å²) >= 11 is 11.9. The molecule has 104 valence electrons. The van der Waals surface area contributed by atoms with Crippen LogP contribution in [0.5, 0.6) is 0 Å². The van der Waals surface area contributed by atoms with E-state index in [0.29, 0.717) is 35.0 Å². The van der Waals surface area contributed by atoms with Crippen LogP contribution in [0.25, 0.3) is 6.08 Å². The van der Waals surface area contributed by atoms with Crippen LogP contribution < -0.4 is 5.32 Å². The van der Waals surface area contributed by atoms with Gasteiger partial charge in [-0.15, -0.1) is 0 Å². The summed E-state index contributed by atoms with van der Waals surface area (Å²) in [7, 11) is 0. The number of rotatable bonds is 6. The maximum atomic E-state index is 11.5. The van der Waals surface area contributed by atoms with Gasteiger partial charge in [-0.3, -0.25) is 4.79 Å². The van der Waals surface area contributed by atoms with Crippen molar-refractivity contribution < 1.29 is 9.90 Å². The Morgan fingerprint density at radius 2 is 2.21 bits per heavy atom. The molecule has 0 aliphatic heterocycles. The lowest BCUT2D eigenvalue weighted by Crippen LogP contribution is -2.25. The second kappa shape index (κ2) is 8.20. The van der Waals surface area contributed by atoms with Crippen molar-refractivity contribution in [3.8, 4) is 0 Å². The van der Waals surface area contributed by atoms with Crippen molar-refractivity contribution in [1.29, 1.82) is 0 Å². The summed E-state index contributed by atoms with van der Waals surface area (Å²) in [6.45, 7) is 2.34. The molecule has 0 radical (unpaired) electrons. The Morgan fingerprint density at radius 3 is 2.89 bits per heavy atom. The summed E-state index contributed by atoms with van der Waals surface area (Å²) in [5.74, 6) is -0.223. The molecule has 0 bridgehead atoms. The fraction of sp³-hybridized carbons (Fsp3) is 0.357. The molecule has 19 heavy (non-hydrogen) atoms. The molecule has 1 amide bonds. The van der Waals surface area contributed by atoms with Crippen LogP contribution in [0.4, 0.5) is 0 Å². The highest BCUT2D eigenvalue weighted by Crippen LogP contribution is 2.26. The molecule has 1 atom stereocenters. The molecular formula is C14H17Cl2NO2. The number of hydrogen-bond acceptors (Lipinski definition) is 2. The van der Waals surface area contributed by atoms with Crippen LogP contribution in [-0.4, -0.2) is 23.7 Å². The van der Waals surface area contributed by atoms with E-state index >= 15 is 0 Å². The van der Waals surface area contributed by atoms with Crippen molar-refractivity contribution >= 4 is 35.2 Å². The van der Waals surface area contributed by atoms with Crippen molar-refractivity contribution in [2.24, 2.45) is 0 Å². The molecule has 0 saturated carbocycles. The number of hydrogen-bond donors (Lipinski definition) is 2. The van der Waals surface area contributed by atoms with Gasteiger partial charge in [0.15, 0.2) is 0 Å². The molecule has 0 heterocycles. The normalized spacial score (nSPS) is 12.6. The average Bonchev–Trinajstić information content (AvgIpc) is 2.40. The van der Waals surface area contributed by atoms with Crippen LogP contribution in [0.2, 0.25) is 10.0 Å². The molecule has 0 aromatic heterocycles. The minimum absolute atomic E-state index is 0.223. The van der Waals surface area contributed by atoms with Gasteiger partial charge in [0.2, 0.25) is 5.91 Å². The first-order chi connectivity index (χ1) is 9.04. The third kappa shape index (κ3) is 5.64. The van der Waals surface area contributed by atoms with Crippen molar-refractivity contribution in [2.75, 3.05) is 6.54 Å². The fourth-order valence-corrected chi connectivity index (χ4v) is 1.81. The average molecular weight is 302 g/mol. The Balaban J connectivity index is 2.48. The van der Waals surface area contributed by atoms with Gasteiger partial charge in [-0.1, -0.05) is 42.3 Å². The molecule has 1 aromatic carbocycles. The molecule has 1 unspecified atom stereocenters. The molecule has 1 aromatic rings. The van der Waals surface area contributed by atoms with Gasteiger partial charge in [0.25, 0.3) is 0 Å². The molecular weight excluding hydrogens is 285 g/mol. The number of halogens is 2. The minimum Gasteiger partial charge on any atom is -0.393 e. The van der Waals surface area contributed by atoms with E-state index in [-0.39, 0.29) is 12.0 Å². The summed E-state index contributed by atoms with van der Waals surface area (Å²) in [5.41, 5.74) is 0.693. The Hall–Kier alpha value is -1.03. The van der Waals surface area contributed by atoms with Crippen LogP contribution in [0, 0.1) is 0 Å². The van der Waals surface area contributed by atoms with Crippen molar-refractivity contribution in [3.05, 3.63) is 39.9 Å². The van der Waals surface area contributed by atoms with Gasteiger partial charge in [0.05, 0.1) is 16.1 Å². The van der Waals surface area contributed by atoms with E-state index in [1.165, 1.54) is 6.08 Å². The highest BCUT2D eigenvalue weighted by molar-refractivity contribution is 6.42.